The van der Waals surface area contributed by atoms with E-state index in [4.69, 9.17) is 20.4 Å². The fourth-order valence-corrected chi connectivity index (χ4v) is 1.07. The summed E-state index contributed by atoms with van der Waals surface area (Å²) in [7, 11) is 1.64. The average molecular weight is 225 g/mol. The minimum Gasteiger partial charge on any atom is -0.478 e. The first-order chi connectivity index (χ1) is 7.77. The number of nitrogens with zero attached hydrogens (tertiary/aromatic N) is 2. The van der Waals surface area contributed by atoms with Crippen LogP contribution in [0.15, 0.2) is 23.4 Å². The summed E-state index contributed by atoms with van der Waals surface area (Å²) in [6, 6.07) is 5.07. The normalized spacial score (nSPS) is 11.4. The van der Waals surface area contributed by atoms with Gasteiger partial charge in [-0.2, -0.15) is 0 Å². The van der Waals surface area contributed by atoms with Gasteiger partial charge in [-0.1, -0.05) is 11.2 Å². The number of hydrogen-bond acceptors (Lipinski definition) is 5. The van der Waals surface area contributed by atoms with Gasteiger partial charge in [0.1, 0.15) is 5.69 Å². The number of hydrogen-bond donors (Lipinski definition) is 2. The predicted molar refractivity (Wildman–Crippen MR) is 58.7 cm³/mol. The van der Waals surface area contributed by atoms with Crippen LogP contribution >= 0.6 is 0 Å². The van der Waals surface area contributed by atoms with Crippen molar-refractivity contribution in [3.05, 3.63) is 23.9 Å². The number of oxime groups is 1. The predicted octanol–water partition coefficient (Wildman–Crippen LogP) is 0.591. The highest BCUT2D eigenvalue weighted by Crippen LogP contribution is 2.07. The van der Waals surface area contributed by atoms with Crippen molar-refractivity contribution in [1.82, 2.24) is 4.98 Å². The highest BCUT2D eigenvalue weighted by Gasteiger charge is 2.02. The Balaban J connectivity index is 2.54. The Morgan fingerprint density at radius 2 is 2.31 bits per heavy atom. The summed E-state index contributed by atoms with van der Waals surface area (Å²) in [6.07, 6.45) is 0.784. The Hall–Kier alpha value is -1.82. The molecule has 0 aliphatic heterocycles. The zero-order valence-electron chi connectivity index (χ0n) is 9.09. The monoisotopic (exact) mass is 225 g/mol. The smallest absolute Gasteiger partial charge is 0.213 e. The molecule has 6 nitrogen and oxygen atoms in total. The lowest BCUT2D eigenvalue weighted by Gasteiger charge is -2.05. The van der Waals surface area contributed by atoms with Gasteiger partial charge < -0.3 is 20.4 Å². The fourth-order valence-electron chi connectivity index (χ4n) is 1.07. The standard InChI is InChI=1S/C10H15N3O3/c1-15-6-3-7-16-9-5-2-4-8(12-9)10(11)13-14/h2,4-5,14H,3,6-7H2,1H3,(H2,11,13). The summed E-state index contributed by atoms with van der Waals surface area (Å²) in [5.74, 6) is 0.405. The van der Waals surface area contributed by atoms with E-state index >= 15 is 0 Å². The van der Waals surface area contributed by atoms with Gasteiger partial charge in [0, 0.05) is 26.2 Å². The van der Waals surface area contributed by atoms with Crippen LogP contribution in [0, 0.1) is 0 Å². The van der Waals surface area contributed by atoms with Crippen molar-refractivity contribution in [1.29, 1.82) is 0 Å². The third-order valence-corrected chi connectivity index (χ3v) is 1.84. The van der Waals surface area contributed by atoms with E-state index in [1.54, 1.807) is 25.3 Å². The molecule has 0 atom stereocenters. The van der Waals surface area contributed by atoms with Crippen molar-refractivity contribution in [3.63, 3.8) is 0 Å². The van der Waals surface area contributed by atoms with Gasteiger partial charge in [-0.15, -0.1) is 0 Å². The average Bonchev–Trinajstić information content (AvgIpc) is 2.34. The molecule has 1 aromatic rings. The Labute approximate surface area is 93.7 Å². The van der Waals surface area contributed by atoms with Crippen LogP contribution in [0.4, 0.5) is 0 Å². The van der Waals surface area contributed by atoms with E-state index in [1.165, 1.54) is 0 Å². The molecule has 0 bridgehead atoms. The van der Waals surface area contributed by atoms with Crippen LogP contribution in [0.3, 0.4) is 0 Å². The molecule has 0 radical (unpaired) electrons. The lowest BCUT2D eigenvalue weighted by Crippen LogP contribution is -2.15. The topological polar surface area (TPSA) is 90.0 Å². The maximum atomic E-state index is 8.49. The number of pyridine rings is 1. The third kappa shape index (κ3) is 3.74. The second-order valence-corrected chi connectivity index (χ2v) is 3.04. The van der Waals surface area contributed by atoms with Gasteiger partial charge in [0.2, 0.25) is 5.88 Å². The van der Waals surface area contributed by atoms with E-state index < -0.39 is 0 Å². The second kappa shape index (κ2) is 6.62. The molecule has 0 saturated heterocycles. The number of ether oxygens (including phenoxy) is 2. The molecule has 0 aliphatic carbocycles. The molecular formula is C10H15N3O3. The van der Waals surface area contributed by atoms with Crippen molar-refractivity contribution in [2.24, 2.45) is 10.9 Å². The summed E-state index contributed by atoms with van der Waals surface area (Å²) in [4.78, 5) is 4.06. The van der Waals surface area contributed by atoms with Gasteiger partial charge in [-0.3, -0.25) is 0 Å². The molecule has 0 saturated carbocycles. The molecule has 1 rings (SSSR count). The maximum Gasteiger partial charge on any atom is 0.213 e. The van der Waals surface area contributed by atoms with E-state index in [0.29, 0.717) is 24.8 Å². The second-order valence-electron chi connectivity index (χ2n) is 3.04. The van der Waals surface area contributed by atoms with Gasteiger partial charge >= 0.3 is 0 Å². The molecule has 0 aliphatic rings. The zero-order valence-corrected chi connectivity index (χ0v) is 9.09. The molecule has 1 aromatic heterocycles. The molecule has 0 amide bonds. The molecule has 0 unspecified atom stereocenters. The molecule has 3 N–H and O–H groups in total. The summed E-state index contributed by atoms with van der Waals surface area (Å²) in [6.45, 7) is 1.15. The Morgan fingerprint density at radius 1 is 1.50 bits per heavy atom. The van der Waals surface area contributed by atoms with E-state index in [0.717, 1.165) is 6.42 Å². The summed E-state index contributed by atoms with van der Waals surface area (Å²) < 4.78 is 10.2. The molecule has 0 spiro atoms. The van der Waals surface area contributed by atoms with Crippen LogP contribution in [0.25, 0.3) is 0 Å². The van der Waals surface area contributed by atoms with Crippen molar-refractivity contribution in [2.75, 3.05) is 20.3 Å². The number of rotatable bonds is 6. The highest BCUT2D eigenvalue weighted by atomic mass is 16.5. The molecule has 16 heavy (non-hydrogen) atoms. The summed E-state index contributed by atoms with van der Waals surface area (Å²) >= 11 is 0. The van der Waals surface area contributed by atoms with Crippen LogP contribution in [0.1, 0.15) is 12.1 Å². The molecule has 1 heterocycles. The van der Waals surface area contributed by atoms with Gasteiger partial charge in [0.15, 0.2) is 5.84 Å². The Bertz CT molecular complexity index is 355. The fraction of sp³-hybridized carbons (Fsp3) is 0.400. The van der Waals surface area contributed by atoms with Crippen molar-refractivity contribution in [2.45, 2.75) is 6.42 Å². The van der Waals surface area contributed by atoms with Crippen LogP contribution in [-0.4, -0.2) is 36.4 Å². The van der Waals surface area contributed by atoms with Crippen molar-refractivity contribution >= 4 is 5.84 Å². The Kier molecular flexibility index (Phi) is 5.07. The van der Waals surface area contributed by atoms with Crippen LogP contribution in [-0.2, 0) is 4.74 Å². The van der Waals surface area contributed by atoms with Crippen molar-refractivity contribution in [3.8, 4) is 5.88 Å². The quantitative estimate of drug-likeness (QED) is 0.243. The first-order valence-electron chi connectivity index (χ1n) is 4.84. The van der Waals surface area contributed by atoms with Gasteiger partial charge in [-0.25, -0.2) is 4.98 Å². The number of methoxy groups -OCH3 is 1. The third-order valence-electron chi connectivity index (χ3n) is 1.84. The van der Waals surface area contributed by atoms with E-state index in [9.17, 15) is 0 Å². The van der Waals surface area contributed by atoms with Gasteiger partial charge in [-0.05, 0) is 6.07 Å². The van der Waals surface area contributed by atoms with Crippen molar-refractivity contribution < 1.29 is 14.7 Å². The minimum absolute atomic E-state index is 0.0395. The van der Waals surface area contributed by atoms with E-state index in [-0.39, 0.29) is 5.84 Å². The first-order valence-corrected chi connectivity index (χ1v) is 4.84. The van der Waals surface area contributed by atoms with Crippen LogP contribution in [0.5, 0.6) is 5.88 Å². The van der Waals surface area contributed by atoms with Crippen LogP contribution in [0.2, 0.25) is 0 Å². The lowest BCUT2D eigenvalue weighted by molar-refractivity contribution is 0.170. The minimum atomic E-state index is -0.0395. The molecule has 6 heteroatoms. The van der Waals surface area contributed by atoms with Crippen LogP contribution < -0.4 is 10.5 Å². The van der Waals surface area contributed by atoms with E-state index in [1.807, 2.05) is 0 Å². The maximum absolute atomic E-state index is 8.49. The molecular weight excluding hydrogens is 210 g/mol. The van der Waals surface area contributed by atoms with E-state index in [2.05, 4.69) is 10.1 Å². The number of nitrogens with two attached hydrogens (primary N) is 1. The zero-order chi connectivity index (χ0) is 11.8. The van der Waals surface area contributed by atoms with Gasteiger partial charge in [0.25, 0.3) is 0 Å². The molecule has 0 fully saturated rings. The largest absolute Gasteiger partial charge is 0.478 e. The lowest BCUT2D eigenvalue weighted by atomic mass is 10.3. The molecule has 88 valence electrons. The highest BCUT2D eigenvalue weighted by molar-refractivity contribution is 5.95. The SMILES string of the molecule is COCCCOc1cccc(C(N)=NO)n1. The summed E-state index contributed by atoms with van der Waals surface area (Å²) in [5.41, 5.74) is 5.78. The Morgan fingerprint density at radius 3 is 3.00 bits per heavy atom. The molecule has 0 aromatic carbocycles. The first kappa shape index (κ1) is 12.3. The number of aromatic nitrogens is 1. The van der Waals surface area contributed by atoms with Gasteiger partial charge in [0.05, 0.1) is 6.61 Å². The summed E-state index contributed by atoms with van der Waals surface area (Å²) in [5, 5.41) is 11.4. The number of amidine groups is 1.